The standard InChI is InChI=1S/C16H22N2O4/c1-10(15(21)22-5)17-13(19)14(20)18-12-9-7-6-8-11(12)16(2,3)4/h6-10H,1-5H3,(H,17,19)(H,18,20). The largest absolute Gasteiger partial charge is 0.467 e. The Balaban J connectivity index is 2.82. The Morgan fingerprint density at radius 3 is 2.23 bits per heavy atom. The number of benzene rings is 1. The van der Waals surface area contributed by atoms with Crippen LogP contribution in [0, 0.1) is 0 Å². The van der Waals surface area contributed by atoms with Gasteiger partial charge in [0.2, 0.25) is 0 Å². The lowest BCUT2D eigenvalue weighted by molar-refractivity contribution is -0.145. The van der Waals surface area contributed by atoms with Crippen LogP contribution in [0.5, 0.6) is 0 Å². The smallest absolute Gasteiger partial charge is 0.328 e. The zero-order valence-corrected chi connectivity index (χ0v) is 13.5. The Hall–Kier alpha value is -2.37. The third-order valence-electron chi connectivity index (χ3n) is 3.09. The summed E-state index contributed by atoms with van der Waals surface area (Å²) in [5.41, 5.74) is 1.30. The van der Waals surface area contributed by atoms with Gasteiger partial charge < -0.3 is 15.4 Å². The molecule has 6 nitrogen and oxygen atoms in total. The zero-order valence-electron chi connectivity index (χ0n) is 13.5. The lowest BCUT2D eigenvalue weighted by Gasteiger charge is -2.23. The minimum atomic E-state index is -0.888. The highest BCUT2D eigenvalue weighted by molar-refractivity contribution is 6.40. The molecule has 120 valence electrons. The van der Waals surface area contributed by atoms with Crippen molar-refractivity contribution in [2.75, 3.05) is 12.4 Å². The van der Waals surface area contributed by atoms with Crippen LogP contribution in [0.25, 0.3) is 0 Å². The maximum absolute atomic E-state index is 12.0. The molecular formula is C16H22N2O4. The molecule has 1 unspecified atom stereocenters. The number of carbonyl (C=O) groups excluding carboxylic acids is 3. The molecule has 0 radical (unpaired) electrons. The van der Waals surface area contributed by atoms with Crippen LogP contribution in [-0.2, 0) is 24.5 Å². The molecule has 22 heavy (non-hydrogen) atoms. The first-order chi connectivity index (χ1) is 10.2. The second-order valence-corrected chi connectivity index (χ2v) is 5.97. The highest BCUT2D eigenvalue weighted by Crippen LogP contribution is 2.29. The van der Waals surface area contributed by atoms with Gasteiger partial charge in [0.05, 0.1) is 7.11 Å². The first-order valence-electron chi connectivity index (χ1n) is 6.96. The maximum atomic E-state index is 12.0. The fourth-order valence-electron chi connectivity index (χ4n) is 1.92. The third kappa shape index (κ3) is 4.58. The van der Waals surface area contributed by atoms with Gasteiger partial charge in [-0.3, -0.25) is 9.59 Å². The lowest BCUT2D eigenvalue weighted by atomic mass is 9.86. The highest BCUT2D eigenvalue weighted by Gasteiger charge is 2.23. The average molecular weight is 306 g/mol. The number of esters is 1. The first kappa shape index (κ1) is 17.7. The zero-order chi connectivity index (χ0) is 16.9. The van der Waals surface area contributed by atoms with Crippen molar-refractivity contribution in [3.63, 3.8) is 0 Å². The number of anilines is 1. The normalized spacial score (nSPS) is 12.2. The Labute approximate surface area is 130 Å². The molecule has 0 aliphatic carbocycles. The molecule has 0 spiro atoms. The molecule has 1 aromatic carbocycles. The molecule has 0 saturated carbocycles. The number of hydrogen-bond donors (Lipinski definition) is 2. The van der Waals surface area contributed by atoms with Gasteiger partial charge in [0.1, 0.15) is 6.04 Å². The summed E-state index contributed by atoms with van der Waals surface area (Å²) < 4.78 is 4.49. The van der Waals surface area contributed by atoms with Gasteiger partial charge in [-0.25, -0.2) is 4.79 Å². The van der Waals surface area contributed by atoms with E-state index in [-0.39, 0.29) is 5.41 Å². The first-order valence-corrected chi connectivity index (χ1v) is 6.96. The molecule has 0 aromatic heterocycles. The fraction of sp³-hybridized carbons (Fsp3) is 0.438. The Kier molecular flexibility index (Phi) is 5.68. The summed E-state index contributed by atoms with van der Waals surface area (Å²) in [6.07, 6.45) is 0. The SMILES string of the molecule is COC(=O)C(C)NC(=O)C(=O)Nc1ccccc1C(C)(C)C. The fourth-order valence-corrected chi connectivity index (χ4v) is 1.92. The summed E-state index contributed by atoms with van der Waals surface area (Å²) in [5.74, 6) is -2.33. The van der Waals surface area contributed by atoms with Crippen molar-refractivity contribution in [1.29, 1.82) is 0 Å². The van der Waals surface area contributed by atoms with Crippen molar-refractivity contribution >= 4 is 23.5 Å². The minimum Gasteiger partial charge on any atom is -0.467 e. The van der Waals surface area contributed by atoms with Gasteiger partial charge in [-0.1, -0.05) is 39.0 Å². The van der Waals surface area contributed by atoms with Crippen molar-refractivity contribution in [3.8, 4) is 0 Å². The molecule has 0 aliphatic rings. The summed E-state index contributed by atoms with van der Waals surface area (Å²) in [7, 11) is 1.21. The highest BCUT2D eigenvalue weighted by atomic mass is 16.5. The summed E-state index contributed by atoms with van der Waals surface area (Å²) >= 11 is 0. The molecule has 0 fully saturated rings. The average Bonchev–Trinajstić information content (AvgIpc) is 2.45. The lowest BCUT2D eigenvalue weighted by Crippen LogP contribution is -2.44. The van der Waals surface area contributed by atoms with Gasteiger partial charge in [0.15, 0.2) is 0 Å². The van der Waals surface area contributed by atoms with Gasteiger partial charge in [0.25, 0.3) is 0 Å². The molecule has 0 aliphatic heterocycles. The number of methoxy groups -OCH3 is 1. The van der Waals surface area contributed by atoms with E-state index in [1.807, 2.05) is 32.9 Å². The van der Waals surface area contributed by atoms with E-state index in [0.717, 1.165) is 5.56 Å². The van der Waals surface area contributed by atoms with Crippen molar-refractivity contribution in [2.45, 2.75) is 39.2 Å². The van der Waals surface area contributed by atoms with E-state index >= 15 is 0 Å². The Morgan fingerprint density at radius 2 is 1.68 bits per heavy atom. The Bertz CT molecular complexity index is 576. The van der Waals surface area contributed by atoms with Crippen molar-refractivity contribution < 1.29 is 19.1 Å². The van der Waals surface area contributed by atoms with Gasteiger partial charge in [-0.05, 0) is 24.0 Å². The van der Waals surface area contributed by atoms with E-state index in [4.69, 9.17) is 0 Å². The predicted molar refractivity (Wildman–Crippen MR) is 83.4 cm³/mol. The number of ether oxygens (including phenoxy) is 1. The Morgan fingerprint density at radius 1 is 1.09 bits per heavy atom. The summed E-state index contributed by atoms with van der Waals surface area (Å²) in [4.78, 5) is 35.0. The quantitative estimate of drug-likeness (QED) is 0.656. The van der Waals surface area contributed by atoms with E-state index in [1.54, 1.807) is 12.1 Å². The minimum absolute atomic E-state index is 0.181. The van der Waals surface area contributed by atoms with Crippen LogP contribution in [0.15, 0.2) is 24.3 Å². The van der Waals surface area contributed by atoms with E-state index in [9.17, 15) is 14.4 Å². The van der Waals surface area contributed by atoms with Crippen LogP contribution < -0.4 is 10.6 Å². The van der Waals surface area contributed by atoms with Crippen molar-refractivity contribution in [2.24, 2.45) is 0 Å². The number of hydrogen-bond acceptors (Lipinski definition) is 4. The molecular weight excluding hydrogens is 284 g/mol. The maximum Gasteiger partial charge on any atom is 0.328 e. The third-order valence-corrected chi connectivity index (χ3v) is 3.09. The molecule has 1 atom stereocenters. The number of para-hydroxylation sites is 1. The van der Waals surface area contributed by atoms with E-state index in [1.165, 1.54) is 14.0 Å². The number of carbonyl (C=O) groups is 3. The number of nitrogens with one attached hydrogen (secondary N) is 2. The summed E-state index contributed by atoms with van der Waals surface area (Å²) in [6.45, 7) is 7.48. The topological polar surface area (TPSA) is 84.5 Å². The second kappa shape index (κ2) is 7.06. The van der Waals surface area contributed by atoms with Crippen LogP contribution in [0.2, 0.25) is 0 Å². The van der Waals surface area contributed by atoms with Crippen molar-refractivity contribution in [1.82, 2.24) is 5.32 Å². The summed E-state index contributed by atoms with van der Waals surface area (Å²) in [5, 5.41) is 4.86. The molecule has 0 heterocycles. The molecule has 6 heteroatoms. The molecule has 1 aromatic rings. The second-order valence-electron chi connectivity index (χ2n) is 5.97. The van der Waals surface area contributed by atoms with Crippen LogP contribution in [0.3, 0.4) is 0 Å². The van der Waals surface area contributed by atoms with E-state index in [0.29, 0.717) is 5.69 Å². The van der Waals surface area contributed by atoms with Crippen LogP contribution >= 0.6 is 0 Å². The van der Waals surface area contributed by atoms with Crippen LogP contribution in [-0.4, -0.2) is 30.9 Å². The van der Waals surface area contributed by atoms with E-state index < -0.39 is 23.8 Å². The monoisotopic (exact) mass is 306 g/mol. The predicted octanol–water partition coefficient (Wildman–Crippen LogP) is 1.60. The molecule has 2 N–H and O–H groups in total. The van der Waals surface area contributed by atoms with Crippen LogP contribution in [0.4, 0.5) is 5.69 Å². The molecule has 1 rings (SSSR count). The number of amides is 2. The number of rotatable bonds is 3. The summed E-state index contributed by atoms with van der Waals surface area (Å²) in [6, 6.07) is 6.39. The van der Waals surface area contributed by atoms with Crippen molar-refractivity contribution in [3.05, 3.63) is 29.8 Å². The molecule has 0 saturated heterocycles. The van der Waals surface area contributed by atoms with Gasteiger partial charge >= 0.3 is 17.8 Å². The van der Waals surface area contributed by atoms with Gasteiger partial charge in [-0.15, -0.1) is 0 Å². The van der Waals surface area contributed by atoms with E-state index in [2.05, 4.69) is 15.4 Å². The molecule has 0 bridgehead atoms. The van der Waals surface area contributed by atoms with Gasteiger partial charge in [-0.2, -0.15) is 0 Å². The van der Waals surface area contributed by atoms with Gasteiger partial charge in [0, 0.05) is 5.69 Å². The van der Waals surface area contributed by atoms with Crippen LogP contribution in [0.1, 0.15) is 33.3 Å². The molecule has 2 amide bonds.